The van der Waals surface area contributed by atoms with Crippen molar-refractivity contribution in [1.82, 2.24) is 10.3 Å². The topological polar surface area (TPSA) is 68.0 Å². The summed E-state index contributed by atoms with van der Waals surface area (Å²) in [5, 5.41) is 6.20. The second-order valence-corrected chi connectivity index (χ2v) is 9.77. The number of rotatable bonds is 4. The number of halogens is 3. The Morgan fingerprint density at radius 3 is 2.59 bits per heavy atom. The second kappa shape index (κ2) is 9.90. The van der Waals surface area contributed by atoms with Gasteiger partial charge in [-0.15, -0.1) is 47.5 Å². The Morgan fingerprint density at radius 1 is 1.26 bits per heavy atom. The molecule has 2 heterocycles. The number of hydrogen-bond donors (Lipinski definition) is 2. The summed E-state index contributed by atoms with van der Waals surface area (Å²) in [5.41, 5.74) is 7.00. The second-order valence-electron chi connectivity index (χ2n) is 7.20. The minimum atomic E-state index is 0. The standard InChI is InChI=1S/C18H22ClN3OS2.2ClH/c19-15-5-4-14(25-15)18-21-13(9-24-18)8-16(23)22-17-10-2-1-3-11(17)7-12(20)6-10;;/h4-5,9-12,17H,1-3,6-8,20H2,(H,22,23);2*1H. The molecule has 1 amide bonds. The van der Waals surface area contributed by atoms with Gasteiger partial charge in [-0.3, -0.25) is 4.79 Å². The van der Waals surface area contributed by atoms with Crippen LogP contribution in [0, 0.1) is 11.8 Å². The molecular formula is C18H24Cl3N3OS2. The van der Waals surface area contributed by atoms with Gasteiger partial charge in [0.15, 0.2) is 0 Å². The Bertz CT molecular complexity index is 753. The first-order valence-electron chi connectivity index (χ1n) is 8.83. The Kier molecular flexibility index (Phi) is 8.40. The molecule has 2 fully saturated rings. The third-order valence-corrected chi connectivity index (χ3v) is 7.67. The molecule has 2 aliphatic rings. The molecule has 2 aromatic rings. The van der Waals surface area contributed by atoms with E-state index in [9.17, 15) is 4.79 Å². The normalized spacial score (nSPS) is 26.6. The van der Waals surface area contributed by atoms with Crippen LogP contribution in [0.25, 0.3) is 9.88 Å². The fraction of sp³-hybridized carbons (Fsp3) is 0.556. The van der Waals surface area contributed by atoms with Crippen molar-refractivity contribution in [1.29, 1.82) is 0 Å². The van der Waals surface area contributed by atoms with Gasteiger partial charge in [0, 0.05) is 17.5 Å². The number of amides is 1. The van der Waals surface area contributed by atoms with Gasteiger partial charge >= 0.3 is 0 Å². The number of hydrogen-bond acceptors (Lipinski definition) is 5. The van der Waals surface area contributed by atoms with E-state index >= 15 is 0 Å². The fourth-order valence-corrected chi connectivity index (χ4v) is 6.29. The molecule has 2 atom stereocenters. The van der Waals surface area contributed by atoms with Gasteiger partial charge in [0.2, 0.25) is 5.91 Å². The SMILES string of the molecule is Cl.Cl.NC1CC2CCCC(C1)C2NC(=O)Cc1csc(-c2ccc(Cl)s2)n1. The Labute approximate surface area is 185 Å². The molecule has 2 aliphatic carbocycles. The molecule has 2 aromatic heterocycles. The third-order valence-electron chi connectivity index (χ3n) is 5.38. The maximum Gasteiger partial charge on any atom is 0.226 e. The average Bonchev–Trinajstić information content (AvgIpc) is 3.17. The number of nitrogens with two attached hydrogens (primary N) is 1. The third kappa shape index (κ3) is 5.37. The van der Waals surface area contributed by atoms with Crippen molar-refractivity contribution in [3.63, 3.8) is 0 Å². The van der Waals surface area contributed by atoms with Gasteiger partial charge in [-0.1, -0.05) is 18.0 Å². The van der Waals surface area contributed by atoms with E-state index in [4.69, 9.17) is 17.3 Å². The van der Waals surface area contributed by atoms with Crippen molar-refractivity contribution in [2.24, 2.45) is 17.6 Å². The van der Waals surface area contributed by atoms with Gasteiger partial charge in [0.1, 0.15) is 5.01 Å². The number of thiophene rings is 1. The van der Waals surface area contributed by atoms with Gasteiger partial charge in [-0.05, 0) is 49.7 Å². The molecule has 150 valence electrons. The predicted molar refractivity (Wildman–Crippen MR) is 119 cm³/mol. The highest BCUT2D eigenvalue weighted by molar-refractivity contribution is 7.23. The Hall–Kier alpha value is -0.370. The van der Waals surface area contributed by atoms with Crippen LogP contribution in [0.15, 0.2) is 17.5 Å². The van der Waals surface area contributed by atoms with Gasteiger partial charge in [-0.2, -0.15) is 0 Å². The van der Waals surface area contributed by atoms with E-state index in [0.29, 0.717) is 30.3 Å². The largest absolute Gasteiger partial charge is 0.352 e. The van der Waals surface area contributed by atoms with Crippen LogP contribution in [0.3, 0.4) is 0 Å². The molecule has 2 saturated carbocycles. The van der Waals surface area contributed by atoms with Gasteiger partial charge in [0.05, 0.1) is 21.3 Å². The highest BCUT2D eigenvalue weighted by Gasteiger charge is 2.39. The molecule has 0 aromatic carbocycles. The molecule has 0 aliphatic heterocycles. The minimum absolute atomic E-state index is 0. The lowest BCUT2D eigenvalue weighted by Gasteiger charge is -2.45. The zero-order chi connectivity index (χ0) is 17.4. The van der Waals surface area contributed by atoms with Crippen LogP contribution >= 0.6 is 59.1 Å². The van der Waals surface area contributed by atoms with Gasteiger partial charge in [0.25, 0.3) is 0 Å². The maximum atomic E-state index is 12.5. The van der Waals surface area contributed by atoms with Crippen LogP contribution in [-0.2, 0) is 11.2 Å². The zero-order valence-electron chi connectivity index (χ0n) is 14.7. The summed E-state index contributed by atoms with van der Waals surface area (Å²) in [5.74, 6) is 1.18. The maximum absolute atomic E-state index is 12.5. The molecule has 3 N–H and O–H groups in total. The molecule has 9 heteroatoms. The highest BCUT2D eigenvalue weighted by Crippen LogP contribution is 2.39. The van der Waals surface area contributed by atoms with Crippen molar-refractivity contribution in [2.45, 2.75) is 50.6 Å². The minimum Gasteiger partial charge on any atom is -0.352 e. The van der Waals surface area contributed by atoms with Crippen molar-refractivity contribution in [2.75, 3.05) is 0 Å². The Balaban J connectivity index is 0.00000131. The summed E-state index contributed by atoms with van der Waals surface area (Å²) in [6, 6.07) is 4.46. The lowest BCUT2D eigenvalue weighted by molar-refractivity contribution is -0.122. The van der Waals surface area contributed by atoms with Crippen LogP contribution < -0.4 is 11.1 Å². The van der Waals surface area contributed by atoms with Crippen LogP contribution in [-0.4, -0.2) is 23.0 Å². The van der Waals surface area contributed by atoms with Gasteiger partial charge in [-0.25, -0.2) is 4.98 Å². The number of carbonyl (C=O) groups excluding carboxylic acids is 1. The summed E-state index contributed by atoms with van der Waals surface area (Å²) in [6.45, 7) is 0. The van der Waals surface area contributed by atoms with Crippen molar-refractivity contribution >= 4 is 65.0 Å². The molecular weight excluding hydrogens is 445 g/mol. The monoisotopic (exact) mass is 467 g/mol. The van der Waals surface area contributed by atoms with E-state index in [1.165, 1.54) is 30.6 Å². The first kappa shape index (κ1) is 22.9. The van der Waals surface area contributed by atoms with E-state index < -0.39 is 0 Å². The molecule has 4 rings (SSSR count). The lowest BCUT2D eigenvalue weighted by Crippen LogP contribution is -2.54. The molecule has 0 saturated heterocycles. The summed E-state index contributed by atoms with van der Waals surface area (Å²) >= 11 is 9.07. The van der Waals surface area contributed by atoms with Crippen LogP contribution in [0.2, 0.25) is 4.34 Å². The summed E-state index contributed by atoms with van der Waals surface area (Å²) in [7, 11) is 0. The molecule has 2 unspecified atom stereocenters. The number of nitrogens with zero attached hydrogens (tertiary/aromatic N) is 1. The fourth-order valence-electron chi connectivity index (χ4n) is 4.36. The number of thiazole rings is 1. The van der Waals surface area contributed by atoms with E-state index in [1.54, 1.807) is 11.3 Å². The first-order valence-corrected chi connectivity index (χ1v) is 10.9. The van der Waals surface area contributed by atoms with Crippen molar-refractivity contribution in [3.05, 3.63) is 27.5 Å². The van der Waals surface area contributed by atoms with Gasteiger partial charge < -0.3 is 11.1 Å². The predicted octanol–water partition coefficient (Wildman–Crippen LogP) is 4.93. The Morgan fingerprint density at radius 2 is 1.96 bits per heavy atom. The summed E-state index contributed by atoms with van der Waals surface area (Å²) in [4.78, 5) is 18.2. The highest BCUT2D eigenvalue weighted by atomic mass is 35.5. The van der Waals surface area contributed by atoms with Crippen LogP contribution in [0.4, 0.5) is 0 Å². The number of carbonyl (C=O) groups is 1. The summed E-state index contributed by atoms with van der Waals surface area (Å²) < 4.78 is 0.756. The quantitative estimate of drug-likeness (QED) is 0.668. The van der Waals surface area contributed by atoms with Crippen LogP contribution in [0.5, 0.6) is 0 Å². The van der Waals surface area contributed by atoms with Crippen LogP contribution in [0.1, 0.15) is 37.8 Å². The summed E-state index contributed by atoms with van der Waals surface area (Å²) in [6.07, 6.45) is 6.08. The zero-order valence-corrected chi connectivity index (χ0v) is 18.7. The average molecular weight is 469 g/mol. The number of aromatic nitrogens is 1. The molecule has 4 nitrogen and oxygen atoms in total. The molecule has 0 spiro atoms. The van der Waals surface area contributed by atoms with E-state index in [-0.39, 0.29) is 30.7 Å². The first-order chi connectivity index (χ1) is 12.1. The van der Waals surface area contributed by atoms with E-state index in [1.807, 2.05) is 17.5 Å². The molecule has 0 radical (unpaired) electrons. The molecule has 2 bridgehead atoms. The number of fused-ring (bicyclic) bond motifs is 2. The molecule has 27 heavy (non-hydrogen) atoms. The smallest absolute Gasteiger partial charge is 0.226 e. The van der Waals surface area contributed by atoms with E-state index in [0.717, 1.165) is 32.8 Å². The van der Waals surface area contributed by atoms with Crippen molar-refractivity contribution in [3.8, 4) is 9.88 Å². The van der Waals surface area contributed by atoms with E-state index in [2.05, 4.69) is 10.3 Å². The number of nitrogens with one attached hydrogen (secondary N) is 1. The van der Waals surface area contributed by atoms with Crippen molar-refractivity contribution < 1.29 is 4.79 Å². The lowest BCUT2D eigenvalue weighted by atomic mass is 9.67.